The number of nitrogens with one attached hydrogen (secondary N) is 2. The zero-order chi connectivity index (χ0) is 23.9. The molecule has 10 nitrogen and oxygen atoms in total. The lowest BCUT2D eigenvalue weighted by Crippen LogP contribution is -2.54. The second kappa shape index (κ2) is 10.6. The van der Waals surface area contributed by atoms with Crippen molar-refractivity contribution in [1.29, 1.82) is 0 Å². The minimum Gasteiger partial charge on any atom is -0.497 e. The van der Waals surface area contributed by atoms with E-state index < -0.39 is 20.5 Å². The van der Waals surface area contributed by atoms with Crippen LogP contribution in [0.25, 0.3) is 0 Å². The molecule has 3 rings (SSSR count). The van der Waals surface area contributed by atoms with Crippen LogP contribution in [0.15, 0.2) is 53.4 Å². The number of benzene rings is 2. The molecule has 2 aromatic rings. The molecule has 0 spiro atoms. The minimum absolute atomic E-state index is 0.0616. The van der Waals surface area contributed by atoms with Gasteiger partial charge in [-0.25, -0.2) is 13.9 Å². The smallest absolute Gasteiger partial charge is 0.265 e. The van der Waals surface area contributed by atoms with Crippen LogP contribution in [0.3, 0.4) is 0 Å². The van der Waals surface area contributed by atoms with Crippen molar-refractivity contribution in [3.8, 4) is 11.5 Å². The van der Waals surface area contributed by atoms with Crippen LogP contribution in [0.4, 0.5) is 0 Å². The van der Waals surface area contributed by atoms with Gasteiger partial charge in [0.25, 0.3) is 11.8 Å². The van der Waals surface area contributed by atoms with E-state index in [1.165, 1.54) is 29.7 Å². The van der Waals surface area contributed by atoms with E-state index in [1.807, 2.05) is 0 Å². The van der Waals surface area contributed by atoms with Crippen LogP contribution in [0, 0.1) is 0 Å². The highest BCUT2D eigenvalue weighted by molar-refractivity contribution is 7.93. The normalized spacial score (nSPS) is 15.3. The molecule has 1 heterocycles. The molecule has 2 aromatic carbocycles. The van der Waals surface area contributed by atoms with Crippen molar-refractivity contribution in [3.05, 3.63) is 54.1 Å². The van der Waals surface area contributed by atoms with E-state index in [1.54, 1.807) is 31.4 Å². The third-order valence-electron chi connectivity index (χ3n) is 5.47. The van der Waals surface area contributed by atoms with Crippen LogP contribution >= 0.6 is 0 Å². The van der Waals surface area contributed by atoms with Crippen molar-refractivity contribution in [3.63, 3.8) is 0 Å². The molecule has 33 heavy (non-hydrogen) atoms. The number of ether oxygens (including phenoxy) is 3. The Morgan fingerprint density at radius 2 is 1.64 bits per heavy atom. The third-order valence-corrected chi connectivity index (χ3v) is 7.99. The zero-order valence-electron chi connectivity index (χ0n) is 18.1. The first-order chi connectivity index (χ1) is 15.8. The molecule has 0 unspecified atom stereocenters. The first-order valence-corrected chi connectivity index (χ1v) is 11.7. The SMILES string of the molecule is COc1ccc(C(=O)NCCOc2ccc(S(=O)(=O)C3(C(=O)NO)CCOCC3)cc2)cc1. The molecule has 0 atom stereocenters. The van der Waals surface area contributed by atoms with Gasteiger partial charge in [-0.1, -0.05) is 0 Å². The van der Waals surface area contributed by atoms with Crippen molar-refractivity contribution in [2.75, 3.05) is 33.5 Å². The monoisotopic (exact) mass is 478 g/mol. The largest absolute Gasteiger partial charge is 0.497 e. The second-order valence-electron chi connectivity index (χ2n) is 7.36. The summed E-state index contributed by atoms with van der Waals surface area (Å²) >= 11 is 0. The van der Waals surface area contributed by atoms with E-state index in [4.69, 9.17) is 19.4 Å². The van der Waals surface area contributed by atoms with Crippen molar-refractivity contribution in [2.45, 2.75) is 22.5 Å². The number of hydroxylamine groups is 1. The molecule has 1 aliphatic rings. The van der Waals surface area contributed by atoms with Gasteiger partial charge >= 0.3 is 0 Å². The Morgan fingerprint density at radius 1 is 1.03 bits per heavy atom. The Kier molecular flexibility index (Phi) is 7.90. The van der Waals surface area contributed by atoms with Crippen LogP contribution in [0.1, 0.15) is 23.2 Å². The molecular weight excluding hydrogens is 452 g/mol. The van der Waals surface area contributed by atoms with E-state index in [0.29, 0.717) is 17.1 Å². The van der Waals surface area contributed by atoms with Gasteiger partial charge in [-0.2, -0.15) is 0 Å². The fourth-order valence-corrected chi connectivity index (χ4v) is 5.48. The van der Waals surface area contributed by atoms with Gasteiger partial charge in [0.15, 0.2) is 14.6 Å². The van der Waals surface area contributed by atoms with E-state index in [9.17, 15) is 18.0 Å². The number of rotatable bonds is 9. The fourth-order valence-electron chi connectivity index (χ4n) is 3.54. The van der Waals surface area contributed by atoms with Crippen molar-refractivity contribution in [2.24, 2.45) is 0 Å². The molecule has 2 amide bonds. The summed E-state index contributed by atoms with van der Waals surface area (Å²) in [6.45, 7) is 0.596. The van der Waals surface area contributed by atoms with Gasteiger partial charge in [-0.3, -0.25) is 14.8 Å². The molecule has 1 aliphatic heterocycles. The van der Waals surface area contributed by atoms with E-state index in [2.05, 4.69) is 5.32 Å². The Morgan fingerprint density at radius 3 is 2.21 bits per heavy atom. The maximum absolute atomic E-state index is 13.2. The third kappa shape index (κ3) is 5.27. The maximum Gasteiger partial charge on any atom is 0.265 e. The first-order valence-electron chi connectivity index (χ1n) is 10.3. The van der Waals surface area contributed by atoms with Gasteiger partial charge in [0, 0.05) is 18.8 Å². The number of methoxy groups -OCH3 is 1. The van der Waals surface area contributed by atoms with Crippen molar-refractivity contribution < 1.29 is 37.4 Å². The van der Waals surface area contributed by atoms with E-state index >= 15 is 0 Å². The minimum atomic E-state index is -4.10. The molecular formula is C22H26N2O8S. The summed E-state index contributed by atoms with van der Waals surface area (Å²) in [5, 5.41) is 11.8. The lowest BCUT2D eigenvalue weighted by atomic mass is 9.98. The van der Waals surface area contributed by atoms with Gasteiger partial charge in [-0.05, 0) is 61.4 Å². The lowest BCUT2D eigenvalue weighted by Gasteiger charge is -2.34. The quantitative estimate of drug-likeness (QED) is 0.279. The topological polar surface area (TPSA) is 140 Å². The van der Waals surface area contributed by atoms with Gasteiger partial charge < -0.3 is 19.5 Å². The van der Waals surface area contributed by atoms with Crippen LogP contribution in [-0.4, -0.2) is 63.7 Å². The zero-order valence-corrected chi connectivity index (χ0v) is 18.9. The van der Waals surface area contributed by atoms with Gasteiger partial charge in [0.05, 0.1) is 18.6 Å². The summed E-state index contributed by atoms with van der Waals surface area (Å²) in [6.07, 6.45) is -0.123. The van der Waals surface area contributed by atoms with Crippen LogP contribution < -0.4 is 20.3 Å². The molecule has 178 valence electrons. The number of sulfone groups is 1. The molecule has 11 heteroatoms. The predicted molar refractivity (Wildman–Crippen MR) is 117 cm³/mol. The molecule has 0 bridgehead atoms. The summed E-state index contributed by atoms with van der Waals surface area (Å²) in [7, 11) is -2.55. The van der Waals surface area contributed by atoms with Crippen LogP contribution in [-0.2, 0) is 19.4 Å². The highest BCUT2D eigenvalue weighted by Gasteiger charge is 2.52. The van der Waals surface area contributed by atoms with E-state index in [0.717, 1.165) is 0 Å². The Hall–Kier alpha value is -3.15. The number of carbonyl (C=O) groups excluding carboxylic acids is 2. The van der Waals surface area contributed by atoms with Crippen molar-refractivity contribution in [1.82, 2.24) is 10.8 Å². The fraction of sp³-hybridized carbons (Fsp3) is 0.364. The first kappa shape index (κ1) is 24.5. The summed E-state index contributed by atoms with van der Waals surface area (Å²) in [4.78, 5) is 24.4. The maximum atomic E-state index is 13.2. The second-order valence-corrected chi connectivity index (χ2v) is 9.62. The summed E-state index contributed by atoms with van der Waals surface area (Å²) < 4.78 is 40.4. The van der Waals surface area contributed by atoms with Gasteiger partial charge in [0.2, 0.25) is 0 Å². The average Bonchev–Trinajstić information content (AvgIpc) is 2.86. The van der Waals surface area contributed by atoms with Crippen LogP contribution in [0.2, 0.25) is 0 Å². The summed E-state index contributed by atoms with van der Waals surface area (Å²) in [5.74, 6) is -0.175. The Bertz CT molecular complexity index is 1060. The number of amides is 2. The predicted octanol–water partition coefficient (Wildman–Crippen LogP) is 1.33. The average molecular weight is 479 g/mol. The van der Waals surface area contributed by atoms with Crippen LogP contribution in [0.5, 0.6) is 11.5 Å². The molecule has 0 saturated carbocycles. The molecule has 0 radical (unpaired) electrons. The number of carbonyl (C=O) groups is 2. The highest BCUT2D eigenvalue weighted by atomic mass is 32.2. The van der Waals surface area contributed by atoms with Crippen molar-refractivity contribution >= 4 is 21.7 Å². The molecule has 0 aliphatic carbocycles. The molecule has 3 N–H and O–H groups in total. The summed E-state index contributed by atoms with van der Waals surface area (Å²) in [6, 6.07) is 12.3. The van der Waals surface area contributed by atoms with Gasteiger partial charge in [-0.15, -0.1) is 0 Å². The Labute approximate surface area is 191 Å². The Balaban J connectivity index is 1.58. The van der Waals surface area contributed by atoms with E-state index in [-0.39, 0.29) is 50.0 Å². The number of hydrogen-bond acceptors (Lipinski definition) is 8. The molecule has 0 aromatic heterocycles. The lowest BCUT2D eigenvalue weighted by molar-refractivity contribution is -0.134. The molecule has 1 saturated heterocycles. The standard InChI is InChI=1S/C22H26N2O8S/c1-30-17-4-2-16(3-5-17)20(25)23-12-15-32-18-6-8-19(9-7-18)33(28,29)22(21(26)24-27)10-13-31-14-11-22/h2-9,27H,10-15H2,1H3,(H,23,25)(H,24,26). The number of hydrogen-bond donors (Lipinski definition) is 3. The summed E-state index contributed by atoms with van der Waals surface area (Å²) in [5.41, 5.74) is 1.97. The molecule has 1 fully saturated rings. The highest BCUT2D eigenvalue weighted by Crippen LogP contribution is 2.35. The van der Waals surface area contributed by atoms with Gasteiger partial charge in [0.1, 0.15) is 18.1 Å².